The van der Waals surface area contributed by atoms with Gasteiger partial charge < -0.3 is 10.6 Å². The Morgan fingerprint density at radius 3 is 2.28 bits per heavy atom. The molecule has 2 heterocycles. The van der Waals surface area contributed by atoms with E-state index < -0.39 is 5.25 Å². The zero-order valence-corrected chi connectivity index (χ0v) is 17.7. The van der Waals surface area contributed by atoms with E-state index in [1.807, 2.05) is 78.9 Å². The number of benzene rings is 3. The highest BCUT2D eigenvalue weighted by Gasteiger charge is 2.31. The number of amides is 3. The van der Waals surface area contributed by atoms with E-state index in [0.29, 0.717) is 12.0 Å². The van der Waals surface area contributed by atoms with Gasteiger partial charge in [0.1, 0.15) is 0 Å². The third-order valence-electron chi connectivity index (χ3n) is 5.40. The smallest absolute Gasteiger partial charge is 0.286 e. The minimum Gasteiger partial charge on any atom is -0.354 e. The molecule has 1 unspecified atom stereocenters. The SMILES string of the molecule is O=C1NC(=O)C(Cc2ccc(N/C(=C3\C(=O)Nc4ccccc43)c3ccccc3)cc2)S1. The van der Waals surface area contributed by atoms with E-state index in [9.17, 15) is 14.4 Å². The summed E-state index contributed by atoms with van der Waals surface area (Å²) >= 11 is 1.02. The first-order valence-corrected chi connectivity index (χ1v) is 11.0. The molecule has 1 atom stereocenters. The zero-order valence-electron chi connectivity index (χ0n) is 16.9. The van der Waals surface area contributed by atoms with Crippen molar-refractivity contribution in [1.82, 2.24) is 5.32 Å². The van der Waals surface area contributed by atoms with E-state index in [1.54, 1.807) is 0 Å². The van der Waals surface area contributed by atoms with Gasteiger partial charge in [0.05, 0.1) is 16.5 Å². The number of hydrogen-bond acceptors (Lipinski definition) is 5. The highest BCUT2D eigenvalue weighted by atomic mass is 32.2. The fraction of sp³-hybridized carbons (Fsp3) is 0.0800. The van der Waals surface area contributed by atoms with Crippen LogP contribution in [0.15, 0.2) is 78.9 Å². The molecule has 0 spiro atoms. The predicted octanol–water partition coefficient (Wildman–Crippen LogP) is 4.51. The van der Waals surface area contributed by atoms with Crippen LogP contribution in [0, 0.1) is 0 Å². The molecule has 0 bridgehead atoms. The second kappa shape index (κ2) is 8.36. The lowest BCUT2D eigenvalue weighted by Crippen LogP contribution is -2.25. The van der Waals surface area contributed by atoms with Crippen LogP contribution in [0.5, 0.6) is 0 Å². The number of fused-ring (bicyclic) bond motifs is 1. The van der Waals surface area contributed by atoms with Gasteiger partial charge in [-0.05, 0) is 35.7 Å². The fourth-order valence-electron chi connectivity index (χ4n) is 3.86. The van der Waals surface area contributed by atoms with Crippen molar-refractivity contribution < 1.29 is 14.4 Å². The van der Waals surface area contributed by atoms with Crippen molar-refractivity contribution in [3.63, 3.8) is 0 Å². The Morgan fingerprint density at radius 1 is 0.844 bits per heavy atom. The van der Waals surface area contributed by atoms with Crippen LogP contribution >= 0.6 is 11.8 Å². The molecule has 6 nitrogen and oxygen atoms in total. The minimum atomic E-state index is -0.401. The van der Waals surface area contributed by atoms with E-state index in [-0.39, 0.29) is 17.1 Å². The summed E-state index contributed by atoms with van der Waals surface area (Å²) in [7, 11) is 0. The van der Waals surface area contributed by atoms with Gasteiger partial charge in [0.25, 0.3) is 11.1 Å². The molecular formula is C25H19N3O3S. The molecule has 7 heteroatoms. The van der Waals surface area contributed by atoms with Crippen molar-refractivity contribution in [3.8, 4) is 0 Å². The topological polar surface area (TPSA) is 87.3 Å². The van der Waals surface area contributed by atoms with Gasteiger partial charge >= 0.3 is 0 Å². The van der Waals surface area contributed by atoms with Crippen molar-refractivity contribution in [2.24, 2.45) is 0 Å². The Morgan fingerprint density at radius 2 is 1.56 bits per heavy atom. The van der Waals surface area contributed by atoms with Crippen LogP contribution in [0.25, 0.3) is 11.3 Å². The van der Waals surface area contributed by atoms with Crippen LogP contribution in [0.3, 0.4) is 0 Å². The summed E-state index contributed by atoms with van der Waals surface area (Å²) in [5.74, 6) is -0.396. The van der Waals surface area contributed by atoms with Crippen molar-refractivity contribution in [3.05, 3.63) is 95.6 Å². The molecule has 0 aliphatic carbocycles. The summed E-state index contributed by atoms with van der Waals surface area (Å²) < 4.78 is 0. The summed E-state index contributed by atoms with van der Waals surface area (Å²) in [5, 5.41) is 7.98. The summed E-state index contributed by atoms with van der Waals surface area (Å²) in [5.41, 5.74) is 5.63. The number of rotatable bonds is 5. The molecule has 3 aromatic rings. The van der Waals surface area contributed by atoms with Crippen LogP contribution in [0.4, 0.5) is 16.2 Å². The molecule has 2 aliphatic heterocycles. The lowest BCUT2D eigenvalue weighted by atomic mass is 10.00. The van der Waals surface area contributed by atoms with Gasteiger partial charge in [0.15, 0.2) is 0 Å². The third-order valence-corrected chi connectivity index (χ3v) is 6.38. The summed E-state index contributed by atoms with van der Waals surface area (Å²) in [4.78, 5) is 36.1. The van der Waals surface area contributed by atoms with Crippen molar-refractivity contribution in [2.45, 2.75) is 11.7 Å². The van der Waals surface area contributed by atoms with E-state index in [2.05, 4.69) is 16.0 Å². The van der Waals surface area contributed by atoms with E-state index >= 15 is 0 Å². The maximum Gasteiger partial charge on any atom is 0.286 e. The number of carbonyl (C=O) groups excluding carboxylic acids is 3. The number of para-hydroxylation sites is 1. The average molecular weight is 442 g/mol. The number of carbonyl (C=O) groups is 3. The molecular weight excluding hydrogens is 422 g/mol. The molecule has 158 valence electrons. The van der Waals surface area contributed by atoms with Crippen LogP contribution in [-0.2, 0) is 16.0 Å². The molecule has 1 saturated heterocycles. The van der Waals surface area contributed by atoms with Crippen molar-refractivity contribution >= 4 is 51.5 Å². The van der Waals surface area contributed by atoms with Crippen LogP contribution in [0.2, 0.25) is 0 Å². The van der Waals surface area contributed by atoms with E-state index in [4.69, 9.17) is 0 Å². The first-order valence-electron chi connectivity index (χ1n) is 10.2. The molecule has 32 heavy (non-hydrogen) atoms. The number of anilines is 2. The second-order valence-electron chi connectivity index (χ2n) is 7.52. The molecule has 3 N–H and O–H groups in total. The number of nitrogens with one attached hydrogen (secondary N) is 3. The fourth-order valence-corrected chi connectivity index (χ4v) is 4.72. The van der Waals surface area contributed by atoms with Crippen molar-refractivity contribution in [1.29, 1.82) is 0 Å². The standard InChI is InChI=1S/C25H19N3O3S/c29-23-20(32-25(31)28-23)14-15-10-12-17(13-11-15)26-22(16-6-2-1-3-7-16)21-18-8-4-5-9-19(18)27-24(21)30/h1-13,20,26H,14H2,(H,27,30)(H,28,29,31)/b22-21-. The molecule has 5 rings (SSSR count). The van der Waals surface area contributed by atoms with Crippen LogP contribution in [-0.4, -0.2) is 22.3 Å². The predicted molar refractivity (Wildman–Crippen MR) is 127 cm³/mol. The molecule has 2 aliphatic rings. The summed E-state index contributed by atoms with van der Waals surface area (Å²) in [6.07, 6.45) is 0.477. The Hall–Kier alpha value is -3.84. The Kier molecular flexibility index (Phi) is 5.25. The van der Waals surface area contributed by atoms with Crippen LogP contribution < -0.4 is 16.0 Å². The quantitative estimate of drug-likeness (QED) is 0.507. The van der Waals surface area contributed by atoms with E-state index in [1.165, 1.54) is 0 Å². The zero-order chi connectivity index (χ0) is 22.1. The van der Waals surface area contributed by atoms with Crippen LogP contribution in [0.1, 0.15) is 16.7 Å². The lowest BCUT2D eigenvalue weighted by molar-refractivity contribution is -0.119. The number of imide groups is 1. The molecule has 0 saturated carbocycles. The second-order valence-corrected chi connectivity index (χ2v) is 8.70. The monoisotopic (exact) mass is 441 g/mol. The van der Waals surface area contributed by atoms with Gasteiger partial charge in [0.2, 0.25) is 5.91 Å². The highest BCUT2D eigenvalue weighted by molar-refractivity contribution is 8.15. The minimum absolute atomic E-state index is 0.150. The normalized spacial score (nSPS) is 18.8. The maximum absolute atomic E-state index is 12.9. The molecule has 1 fully saturated rings. The van der Waals surface area contributed by atoms with Gasteiger partial charge in [-0.15, -0.1) is 0 Å². The van der Waals surface area contributed by atoms with Crippen molar-refractivity contribution in [2.75, 3.05) is 10.6 Å². The third kappa shape index (κ3) is 3.90. The Balaban J connectivity index is 1.46. The molecule has 0 radical (unpaired) electrons. The highest BCUT2D eigenvalue weighted by Crippen LogP contribution is 2.37. The Labute approximate surface area is 189 Å². The maximum atomic E-state index is 12.9. The largest absolute Gasteiger partial charge is 0.354 e. The van der Waals surface area contributed by atoms with E-state index in [0.717, 1.165) is 45.5 Å². The van der Waals surface area contributed by atoms with Gasteiger partial charge in [-0.1, -0.05) is 72.4 Å². The van der Waals surface area contributed by atoms with Gasteiger partial charge in [-0.3, -0.25) is 19.7 Å². The lowest BCUT2D eigenvalue weighted by Gasteiger charge is -2.15. The van der Waals surface area contributed by atoms with Gasteiger partial charge in [-0.2, -0.15) is 0 Å². The van der Waals surface area contributed by atoms with Gasteiger partial charge in [-0.25, -0.2) is 0 Å². The number of hydrogen-bond donors (Lipinski definition) is 3. The first-order chi connectivity index (χ1) is 15.6. The first kappa shape index (κ1) is 20.1. The molecule has 3 amide bonds. The number of thioether (sulfide) groups is 1. The Bertz CT molecular complexity index is 1250. The molecule has 0 aromatic heterocycles. The average Bonchev–Trinajstić information content (AvgIpc) is 3.30. The summed E-state index contributed by atoms with van der Waals surface area (Å²) in [6.45, 7) is 0. The van der Waals surface area contributed by atoms with Gasteiger partial charge in [0, 0.05) is 16.9 Å². The molecule has 3 aromatic carbocycles. The summed E-state index contributed by atoms with van der Waals surface area (Å²) in [6, 6.07) is 25.0.